The number of aromatic nitrogens is 2. The maximum atomic E-state index is 12.2. The number of halogens is 1. The van der Waals surface area contributed by atoms with Crippen LogP contribution in [0.5, 0.6) is 0 Å². The number of benzene rings is 1. The summed E-state index contributed by atoms with van der Waals surface area (Å²) >= 11 is 6.13. The standard InChI is InChI=1S/C14H16ClN3O/c15-10-7-3-4-8-11(10)18-14(19)12(16)13(17-18)9-5-1-2-6-9/h3-4,7-9,17H,1-2,5-6,16H2. The Morgan fingerprint density at radius 1 is 1.26 bits per heavy atom. The first-order chi connectivity index (χ1) is 9.18. The number of nitrogens with zero attached hydrogens (tertiary/aromatic N) is 1. The predicted octanol–water partition coefficient (Wildman–Crippen LogP) is 3.06. The van der Waals surface area contributed by atoms with E-state index in [1.807, 2.05) is 12.1 Å². The third-order valence-electron chi connectivity index (χ3n) is 3.81. The van der Waals surface area contributed by atoms with Crippen molar-refractivity contribution < 1.29 is 0 Å². The minimum atomic E-state index is -0.213. The first-order valence-electron chi connectivity index (χ1n) is 6.54. The topological polar surface area (TPSA) is 63.8 Å². The summed E-state index contributed by atoms with van der Waals surface area (Å²) in [5.41, 5.74) is 7.58. The number of hydrogen-bond acceptors (Lipinski definition) is 2. The van der Waals surface area contributed by atoms with E-state index in [9.17, 15) is 4.79 Å². The Bertz CT molecular complexity index is 653. The summed E-state index contributed by atoms with van der Waals surface area (Å²) in [6.07, 6.45) is 4.58. The van der Waals surface area contributed by atoms with Gasteiger partial charge in [0.2, 0.25) is 0 Å². The van der Waals surface area contributed by atoms with Gasteiger partial charge >= 0.3 is 0 Å². The van der Waals surface area contributed by atoms with Crippen LogP contribution < -0.4 is 11.3 Å². The van der Waals surface area contributed by atoms with E-state index in [2.05, 4.69) is 5.10 Å². The highest BCUT2D eigenvalue weighted by Gasteiger charge is 2.24. The van der Waals surface area contributed by atoms with E-state index in [-0.39, 0.29) is 5.56 Å². The molecule has 3 N–H and O–H groups in total. The highest BCUT2D eigenvalue weighted by atomic mass is 35.5. The molecule has 1 aliphatic rings. The summed E-state index contributed by atoms with van der Waals surface area (Å²) in [7, 11) is 0. The van der Waals surface area contributed by atoms with Gasteiger partial charge in [0, 0.05) is 5.92 Å². The summed E-state index contributed by atoms with van der Waals surface area (Å²) in [6.45, 7) is 0. The molecule has 1 aromatic heterocycles. The number of nitrogens with one attached hydrogen (secondary N) is 1. The molecule has 100 valence electrons. The van der Waals surface area contributed by atoms with Crippen LogP contribution in [-0.2, 0) is 0 Å². The number of rotatable bonds is 2. The molecule has 3 rings (SSSR count). The third kappa shape index (κ3) is 2.06. The van der Waals surface area contributed by atoms with Crippen LogP contribution in [0.4, 0.5) is 5.69 Å². The second-order valence-corrected chi connectivity index (χ2v) is 5.42. The lowest BCUT2D eigenvalue weighted by molar-refractivity contribution is 0.678. The lowest BCUT2D eigenvalue weighted by Gasteiger charge is -2.07. The molecule has 0 amide bonds. The first kappa shape index (κ1) is 12.4. The number of anilines is 1. The molecule has 0 radical (unpaired) electrons. The second kappa shape index (κ2) is 4.78. The van der Waals surface area contributed by atoms with E-state index in [4.69, 9.17) is 17.3 Å². The van der Waals surface area contributed by atoms with E-state index >= 15 is 0 Å². The van der Waals surface area contributed by atoms with Gasteiger partial charge in [-0.25, -0.2) is 4.68 Å². The van der Waals surface area contributed by atoms with Crippen molar-refractivity contribution in [3.8, 4) is 5.69 Å². The van der Waals surface area contributed by atoms with Gasteiger partial charge < -0.3 is 5.73 Å². The Morgan fingerprint density at radius 2 is 1.95 bits per heavy atom. The Labute approximate surface area is 116 Å². The summed E-state index contributed by atoms with van der Waals surface area (Å²) in [6, 6.07) is 7.24. The smallest absolute Gasteiger partial charge is 0.294 e. The Hall–Kier alpha value is -1.68. The van der Waals surface area contributed by atoms with Crippen LogP contribution in [0.25, 0.3) is 5.69 Å². The molecule has 0 bridgehead atoms. The van der Waals surface area contributed by atoms with Gasteiger partial charge in [0.1, 0.15) is 5.69 Å². The highest BCUT2D eigenvalue weighted by molar-refractivity contribution is 6.32. The van der Waals surface area contributed by atoms with Crippen LogP contribution in [0.1, 0.15) is 37.3 Å². The molecule has 4 nitrogen and oxygen atoms in total. The molecule has 0 unspecified atom stereocenters. The molecule has 1 heterocycles. The molecule has 1 aromatic carbocycles. The number of nitrogen functional groups attached to an aromatic ring is 1. The van der Waals surface area contributed by atoms with Crippen molar-refractivity contribution in [3.63, 3.8) is 0 Å². The van der Waals surface area contributed by atoms with Crippen molar-refractivity contribution >= 4 is 17.3 Å². The number of H-pyrrole nitrogens is 1. The summed E-state index contributed by atoms with van der Waals surface area (Å²) in [4.78, 5) is 12.2. The molecular weight excluding hydrogens is 262 g/mol. The van der Waals surface area contributed by atoms with Crippen LogP contribution in [-0.4, -0.2) is 9.78 Å². The monoisotopic (exact) mass is 277 g/mol. The summed E-state index contributed by atoms with van der Waals surface area (Å²) in [5.74, 6) is 0.372. The average Bonchev–Trinajstić information content (AvgIpc) is 3.02. The van der Waals surface area contributed by atoms with Gasteiger partial charge in [-0.05, 0) is 25.0 Å². The summed E-state index contributed by atoms with van der Waals surface area (Å²) in [5, 5.41) is 3.67. The van der Waals surface area contributed by atoms with Crippen LogP contribution in [0.3, 0.4) is 0 Å². The van der Waals surface area contributed by atoms with Gasteiger partial charge in [0.15, 0.2) is 0 Å². The largest absolute Gasteiger partial charge is 0.393 e. The van der Waals surface area contributed by atoms with Crippen LogP contribution in [0.15, 0.2) is 29.1 Å². The van der Waals surface area contributed by atoms with Gasteiger partial charge in [0.05, 0.1) is 16.4 Å². The zero-order chi connectivity index (χ0) is 13.4. The minimum absolute atomic E-state index is 0.213. The van der Waals surface area contributed by atoms with Crippen molar-refractivity contribution in [2.75, 3.05) is 5.73 Å². The average molecular weight is 278 g/mol. The summed E-state index contributed by atoms with van der Waals surface area (Å²) < 4.78 is 1.45. The minimum Gasteiger partial charge on any atom is -0.393 e. The molecule has 0 aliphatic heterocycles. The predicted molar refractivity (Wildman–Crippen MR) is 77.0 cm³/mol. The molecule has 0 saturated heterocycles. The van der Waals surface area contributed by atoms with Gasteiger partial charge in [-0.2, -0.15) is 0 Å². The molecule has 0 atom stereocenters. The molecule has 19 heavy (non-hydrogen) atoms. The zero-order valence-corrected chi connectivity index (χ0v) is 11.3. The van der Waals surface area contributed by atoms with Gasteiger partial charge in [-0.15, -0.1) is 0 Å². The molecule has 1 aliphatic carbocycles. The first-order valence-corrected chi connectivity index (χ1v) is 6.91. The molecular formula is C14H16ClN3O. The molecule has 5 heteroatoms. The molecule has 0 spiro atoms. The van der Waals surface area contributed by atoms with Crippen LogP contribution in [0, 0.1) is 0 Å². The van der Waals surface area contributed by atoms with Crippen molar-refractivity contribution in [1.82, 2.24) is 9.78 Å². The fourth-order valence-electron chi connectivity index (χ4n) is 2.80. The van der Waals surface area contributed by atoms with Crippen molar-refractivity contribution in [3.05, 3.63) is 45.3 Å². The van der Waals surface area contributed by atoms with Crippen molar-refractivity contribution in [2.45, 2.75) is 31.6 Å². The number of para-hydroxylation sites is 1. The van der Waals surface area contributed by atoms with Crippen molar-refractivity contribution in [1.29, 1.82) is 0 Å². The lowest BCUT2D eigenvalue weighted by atomic mass is 10.0. The van der Waals surface area contributed by atoms with Gasteiger partial charge in [-0.3, -0.25) is 9.89 Å². The van der Waals surface area contributed by atoms with E-state index in [0.29, 0.717) is 22.3 Å². The lowest BCUT2D eigenvalue weighted by Crippen LogP contribution is -2.16. The Kier molecular flexibility index (Phi) is 3.11. The van der Waals surface area contributed by atoms with E-state index in [1.54, 1.807) is 12.1 Å². The maximum absolute atomic E-state index is 12.2. The number of nitrogens with two attached hydrogens (primary N) is 1. The SMILES string of the molecule is Nc1c(C2CCCC2)[nH]n(-c2ccccc2Cl)c1=O. The number of aromatic amines is 1. The Morgan fingerprint density at radius 3 is 2.63 bits per heavy atom. The van der Waals surface area contributed by atoms with Crippen LogP contribution >= 0.6 is 11.6 Å². The molecule has 2 aromatic rings. The maximum Gasteiger partial charge on any atom is 0.294 e. The fraction of sp³-hybridized carbons (Fsp3) is 0.357. The van der Waals surface area contributed by atoms with E-state index in [1.165, 1.54) is 17.5 Å². The Balaban J connectivity index is 2.11. The molecule has 1 saturated carbocycles. The fourth-order valence-corrected chi connectivity index (χ4v) is 3.02. The van der Waals surface area contributed by atoms with Gasteiger partial charge in [-0.1, -0.05) is 36.6 Å². The highest BCUT2D eigenvalue weighted by Crippen LogP contribution is 2.35. The van der Waals surface area contributed by atoms with E-state index in [0.717, 1.165) is 18.5 Å². The van der Waals surface area contributed by atoms with Gasteiger partial charge in [0.25, 0.3) is 5.56 Å². The van der Waals surface area contributed by atoms with Crippen LogP contribution in [0.2, 0.25) is 5.02 Å². The molecule has 1 fully saturated rings. The van der Waals surface area contributed by atoms with Crippen molar-refractivity contribution in [2.24, 2.45) is 0 Å². The zero-order valence-electron chi connectivity index (χ0n) is 10.5. The normalized spacial score (nSPS) is 16.1. The third-order valence-corrected chi connectivity index (χ3v) is 4.13. The second-order valence-electron chi connectivity index (χ2n) is 5.01. The quantitative estimate of drug-likeness (QED) is 0.886. The van der Waals surface area contributed by atoms with E-state index < -0.39 is 0 Å². The number of hydrogen-bond donors (Lipinski definition) is 2.